The van der Waals surface area contributed by atoms with E-state index in [1.165, 1.54) is 0 Å². The number of piperazine rings is 1. The first-order chi connectivity index (χ1) is 14.5. The number of hydrogen-bond acceptors (Lipinski definition) is 5. The summed E-state index contributed by atoms with van der Waals surface area (Å²) >= 11 is 0. The van der Waals surface area contributed by atoms with Crippen LogP contribution in [0.1, 0.15) is 5.56 Å². The quantitative estimate of drug-likeness (QED) is 0.605. The highest BCUT2D eigenvalue weighted by Crippen LogP contribution is 2.32. The van der Waals surface area contributed by atoms with Gasteiger partial charge in [0.05, 0.1) is 19.1 Å². The molecule has 30 heavy (non-hydrogen) atoms. The van der Waals surface area contributed by atoms with Crippen molar-refractivity contribution in [2.75, 3.05) is 40.4 Å². The molecule has 158 valence electrons. The minimum atomic E-state index is -3.51. The Labute approximate surface area is 177 Å². The van der Waals surface area contributed by atoms with Gasteiger partial charge in [0, 0.05) is 38.3 Å². The van der Waals surface area contributed by atoms with E-state index in [2.05, 4.69) is 4.90 Å². The number of rotatable bonds is 6. The minimum Gasteiger partial charge on any atom is -0.493 e. The highest BCUT2D eigenvalue weighted by molar-refractivity contribution is 7.89. The van der Waals surface area contributed by atoms with Gasteiger partial charge in [0.25, 0.3) is 0 Å². The monoisotopic (exact) mass is 426 g/mol. The number of fused-ring (bicyclic) bond motifs is 1. The summed E-state index contributed by atoms with van der Waals surface area (Å²) in [5, 5.41) is 1.97. The van der Waals surface area contributed by atoms with Crippen LogP contribution in [0.3, 0.4) is 0 Å². The number of ether oxygens (including phenoxy) is 2. The van der Waals surface area contributed by atoms with Gasteiger partial charge in [0.2, 0.25) is 10.0 Å². The third-order valence-electron chi connectivity index (χ3n) is 5.57. The second-order valence-corrected chi connectivity index (χ2v) is 9.28. The summed E-state index contributed by atoms with van der Waals surface area (Å²) in [4.78, 5) is 2.59. The lowest BCUT2D eigenvalue weighted by atomic mass is 10.1. The third kappa shape index (κ3) is 4.01. The second kappa shape index (κ2) is 8.63. The maximum atomic E-state index is 13.2. The summed E-state index contributed by atoms with van der Waals surface area (Å²) in [7, 11) is -0.254. The molecule has 0 saturated carbocycles. The molecule has 0 bridgehead atoms. The van der Waals surface area contributed by atoms with Crippen molar-refractivity contribution >= 4 is 20.8 Å². The summed E-state index contributed by atoms with van der Waals surface area (Å²) in [5.41, 5.74) is 1.03. The van der Waals surface area contributed by atoms with E-state index in [0.717, 1.165) is 22.1 Å². The zero-order valence-corrected chi connectivity index (χ0v) is 18.1. The van der Waals surface area contributed by atoms with Crippen LogP contribution in [0.4, 0.5) is 0 Å². The van der Waals surface area contributed by atoms with E-state index >= 15 is 0 Å². The molecule has 4 rings (SSSR count). The van der Waals surface area contributed by atoms with Crippen molar-refractivity contribution in [1.82, 2.24) is 9.21 Å². The Kier molecular flexibility index (Phi) is 5.94. The Morgan fingerprint density at radius 2 is 1.57 bits per heavy atom. The van der Waals surface area contributed by atoms with Crippen molar-refractivity contribution in [2.24, 2.45) is 0 Å². The Morgan fingerprint density at radius 1 is 0.833 bits per heavy atom. The second-order valence-electron chi connectivity index (χ2n) is 7.34. The van der Waals surface area contributed by atoms with E-state index in [4.69, 9.17) is 9.47 Å². The molecule has 0 aromatic heterocycles. The van der Waals surface area contributed by atoms with Crippen molar-refractivity contribution in [1.29, 1.82) is 0 Å². The fourth-order valence-corrected chi connectivity index (χ4v) is 5.38. The van der Waals surface area contributed by atoms with Crippen molar-refractivity contribution < 1.29 is 17.9 Å². The lowest BCUT2D eigenvalue weighted by Gasteiger charge is -2.34. The molecule has 1 aliphatic heterocycles. The molecular formula is C23H26N2O4S. The first-order valence-electron chi connectivity index (χ1n) is 9.94. The van der Waals surface area contributed by atoms with Crippen molar-refractivity contribution in [3.05, 3.63) is 66.2 Å². The molecule has 1 aliphatic rings. The average molecular weight is 427 g/mol. The smallest absolute Gasteiger partial charge is 0.243 e. The van der Waals surface area contributed by atoms with E-state index < -0.39 is 10.0 Å². The van der Waals surface area contributed by atoms with Gasteiger partial charge in [-0.05, 0) is 29.0 Å². The Morgan fingerprint density at radius 3 is 2.27 bits per heavy atom. The molecule has 3 aromatic rings. The number of para-hydroxylation sites is 1. The molecule has 0 spiro atoms. The van der Waals surface area contributed by atoms with Crippen LogP contribution < -0.4 is 9.47 Å². The Bertz CT molecular complexity index is 1140. The summed E-state index contributed by atoms with van der Waals surface area (Å²) < 4.78 is 38.8. The molecule has 0 N–H and O–H groups in total. The van der Waals surface area contributed by atoms with Gasteiger partial charge in [-0.25, -0.2) is 8.42 Å². The van der Waals surface area contributed by atoms with Crippen LogP contribution in [-0.4, -0.2) is 58.0 Å². The highest BCUT2D eigenvalue weighted by Gasteiger charge is 2.29. The van der Waals surface area contributed by atoms with E-state index in [1.54, 1.807) is 30.7 Å². The van der Waals surface area contributed by atoms with Gasteiger partial charge in [-0.2, -0.15) is 4.31 Å². The van der Waals surface area contributed by atoms with Crippen LogP contribution in [0.25, 0.3) is 10.8 Å². The van der Waals surface area contributed by atoms with Gasteiger partial charge in [0.1, 0.15) is 0 Å². The lowest BCUT2D eigenvalue weighted by Crippen LogP contribution is -2.48. The molecular weight excluding hydrogens is 400 g/mol. The maximum absolute atomic E-state index is 13.2. The first kappa shape index (κ1) is 20.7. The van der Waals surface area contributed by atoms with Gasteiger partial charge in [-0.1, -0.05) is 42.5 Å². The summed E-state index contributed by atoms with van der Waals surface area (Å²) in [6, 6.07) is 19.0. The van der Waals surface area contributed by atoms with Gasteiger partial charge in [-0.15, -0.1) is 0 Å². The Balaban J connectivity index is 1.46. The highest BCUT2D eigenvalue weighted by atomic mass is 32.2. The zero-order valence-electron chi connectivity index (χ0n) is 17.2. The van der Waals surface area contributed by atoms with E-state index in [1.807, 2.05) is 48.5 Å². The normalized spacial score (nSPS) is 15.9. The van der Waals surface area contributed by atoms with E-state index in [9.17, 15) is 8.42 Å². The number of benzene rings is 3. The molecule has 0 radical (unpaired) electrons. The molecule has 1 heterocycles. The van der Waals surface area contributed by atoms with Crippen LogP contribution in [0.15, 0.2) is 65.6 Å². The summed E-state index contributed by atoms with van der Waals surface area (Å²) in [6.45, 7) is 2.92. The fourth-order valence-electron chi connectivity index (χ4n) is 3.92. The van der Waals surface area contributed by atoms with Crippen LogP contribution in [0.5, 0.6) is 11.5 Å². The molecule has 0 aliphatic carbocycles. The summed E-state index contributed by atoms with van der Waals surface area (Å²) in [6.07, 6.45) is 0. The topological polar surface area (TPSA) is 59.1 Å². The Hall–Kier alpha value is -2.61. The van der Waals surface area contributed by atoms with Crippen LogP contribution >= 0.6 is 0 Å². The predicted molar refractivity (Wildman–Crippen MR) is 118 cm³/mol. The number of hydrogen-bond donors (Lipinski definition) is 0. The van der Waals surface area contributed by atoms with E-state index in [0.29, 0.717) is 43.4 Å². The SMILES string of the molecule is COc1cccc(CN2CCN(S(=O)(=O)c3ccc4ccccc4c3)CC2)c1OC. The molecule has 1 saturated heterocycles. The number of sulfonamides is 1. The lowest BCUT2D eigenvalue weighted by molar-refractivity contribution is 0.179. The molecule has 1 fully saturated rings. The molecule has 6 nitrogen and oxygen atoms in total. The van der Waals surface area contributed by atoms with Gasteiger partial charge in [-0.3, -0.25) is 4.90 Å². The number of methoxy groups -OCH3 is 2. The van der Waals surface area contributed by atoms with Crippen molar-refractivity contribution in [3.63, 3.8) is 0 Å². The molecule has 0 atom stereocenters. The average Bonchev–Trinajstić information content (AvgIpc) is 2.79. The van der Waals surface area contributed by atoms with Crippen molar-refractivity contribution in [3.8, 4) is 11.5 Å². The third-order valence-corrected chi connectivity index (χ3v) is 7.46. The molecule has 0 unspecified atom stereocenters. The van der Waals surface area contributed by atoms with Gasteiger partial charge < -0.3 is 9.47 Å². The van der Waals surface area contributed by atoms with E-state index in [-0.39, 0.29) is 0 Å². The minimum absolute atomic E-state index is 0.351. The summed E-state index contributed by atoms with van der Waals surface area (Å²) in [5.74, 6) is 1.43. The largest absolute Gasteiger partial charge is 0.493 e. The van der Waals surface area contributed by atoms with Crippen LogP contribution in [0, 0.1) is 0 Å². The van der Waals surface area contributed by atoms with Crippen LogP contribution in [-0.2, 0) is 16.6 Å². The molecule has 0 amide bonds. The van der Waals surface area contributed by atoms with Gasteiger partial charge >= 0.3 is 0 Å². The predicted octanol–water partition coefficient (Wildman–Crippen LogP) is 3.36. The number of nitrogens with zero attached hydrogens (tertiary/aromatic N) is 2. The zero-order chi connectivity index (χ0) is 21.1. The fraction of sp³-hybridized carbons (Fsp3) is 0.304. The molecule has 7 heteroatoms. The first-order valence-corrected chi connectivity index (χ1v) is 11.4. The molecule has 3 aromatic carbocycles. The maximum Gasteiger partial charge on any atom is 0.243 e. The van der Waals surface area contributed by atoms with Crippen molar-refractivity contribution in [2.45, 2.75) is 11.4 Å². The van der Waals surface area contributed by atoms with Gasteiger partial charge in [0.15, 0.2) is 11.5 Å². The van der Waals surface area contributed by atoms with Crippen LogP contribution in [0.2, 0.25) is 0 Å². The standard InChI is InChI=1S/C23H26N2O4S/c1-28-22-9-5-8-20(23(22)29-2)17-24-12-14-25(15-13-24)30(26,27)21-11-10-18-6-3-4-7-19(18)16-21/h3-11,16H,12-15,17H2,1-2H3.